The van der Waals surface area contributed by atoms with Crippen LogP contribution in [0.15, 0.2) is 53.7 Å². The molecule has 130 valence electrons. The minimum atomic E-state index is -3.65. The molecule has 0 aliphatic carbocycles. The number of hydrogen-bond donors (Lipinski definition) is 1. The number of aldehydes is 1. The topological polar surface area (TPSA) is 93.4 Å². The van der Waals surface area contributed by atoms with Crippen LogP contribution in [0.25, 0.3) is 5.57 Å². The van der Waals surface area contributed by atoms with E-state index >= 15 is 0 Å². The van der Waals surface area contributed by atoms with Gasteiger partial charge in [-0.25, -0.2) is 8.42 Å². The van der Waals surface area contributed by atoms with Gasteiger partial charge in [0.15, 0.2) is 6.29 Å². The second kappa shape index (κ2) is 7.06. The van der Waals surface area contributed by atoms with Crippen LogP contribution in [0.2, 0.25) is 0 Å². The van der Waals surface area contributed by atoms with E-state index < -0.39 is 10.0 Å². The van der Waals surface area contributed by atoms with E-state index in [2.05, 4.69) is 4.98 Å². The predicted octanol–water partition coefficient (Wildman–Crippen LogP) is 2.69. The zero-order chi connectivity index (χ0) is 17.9. The van der Waals surface area contributed by atoms with Crippen LogP contribution < -0.4 is 5.73 Å². The second-order valence-electron chi connectivity index (χ2n) is 5.82. The van der Waals surface area contributed by atoms with Crippen molar-refractivity contribution in [3.05, 3.63) is 60.1 Å². The molecule has 0 spiro atoms. The molecular formula is C18H19N3O3S. The average Bonchev–Trinajstić information content (AvgIpc) is 2.89. The lowest BCUT2D eigenvalue weighted by molar-refractivity contribution is 0.112. The second-order valence-corrected chi connectivity index (χ2v) is 7.71. The molecule has 1 aromatic carbocycles. The number of nitrogen functional groups attached to an aromatic ring is 1. The van der Waals surface area contributed by atoms with Crippen molar-refractivity contribution < 1.29 is 13.2 Å². The first-order valence-corrected chi connectivity index (χ1v) is 9.45. The Labute approximate surface area is 147 Å². The van der Waals surface area contributed by atoms with Crippen molar-refractivity contribution in [2.75, 3.05) is 12.3 Å². The molecule has 3 rings (SSSR count). The van der Waals surface area contributed by atoms with Crippen molar-refractivity contribution in [1.82, 2.24) is 9.29 Å². The lowest BCUT2D eigenvalue weighted by Gasteiger charge is -2.20. The Bertz CT molecular complexity index is 908. The third-order valence-corrected chi connectivity index (χ3v) is 5.94. The monoisotopic (exact) mass is 357 g/mol. The van der Waals surface area contributed by atoms with Crippen LogP contribution >= 0.6 is 0 Å². The fourth-order valence-corrected chi connectivity index (χ4v) is 4.26. The van der Waals surface area contributed by atoms with Gasteiger partial charge in [-0.1, -0.05) is 18.2 Å². The highest BCUT2D eigenvalue weighted by atomic mass is 32.2. The lowest BCUT2D eigenvalue weighted by atomic mass is 10.0. The zero-order valence-corrected chi connectivity index (χ0v) is 14.4. The van der Waals surface area contributed by atoms with Gasteiger partial charge in [-0.2, -0.15) is 0 Å². The summed E-state index contributed by atoms with van der Waals surface area (Å²) in [5, 5.41) is 0. The van der Waals surface area contributed by atoms with Crippen molar-refractivity contribution in [3.63, 3.8) is 0 Å². The average molecular weight is 357 g/mol. The fraction of sp³-hybridized carbons (Fsp3) is 0.222. The number of nitrogens with zero attached hydrogens (tertiary/aromatic N) is 2. The van der Waals surface area contributed by atoms with E-state index in [1.807, 2.05) is 0 Å². The molecule has 0 fully saturated rings. The molecular weight excluding hydrogens is 338 g/mol. The van der Waals surface area contributed by atoms with Crippen LogP contribution in [0, 0.1) is 0 Å². The highest BCUT2D eigenvalue weighted by molar-refractivity contribution is 7.89. The number of hydrogen-bond acceptors (Lipinski definition) is 5. The molecule has 0 amide bonds. The van der Waals surface area contributed by atoms with Crippen molar-refractivity contribution >= 4 is 27.6 Å². The van der Waals surface area contributed by atoms with Gasteiger partial charge in [0.05, 0.1) is 16.2 Å². The van der Waals surface area contributed by atoms with E-state index in [1.54, 1.807) is 42.6 Å². The Balaban J connectivity index is 2.07. The molecule has 0 saturated carbocycles. The first-order chi connectivity index (χ1) is 12.0. The minimum Gasteiger partial charge on any atom is -0.398 e. The molecule has 0 atom stereocenters. The number of sulfonamides is 1. The van der Waals surface area contributed by atoms with Gasteiger partial charge in [0.2, 0.25) is 0 Å². The van der Waals surface area contributed by atoms with Crippen LogP contribution in [0.3, 0.4) is 0 Å². The molecule has 0 saturated heterocycles. The van der Waals surface area contributed by atoms with Crippen LogP contribution in [0.4, 0.5) is 5.69 Å². The Morgan fingerprint density at radius 3 is 2.60 bits per heavy atom. The quantitative estimate of drug-likeness (QED) is 0.849. The molecule has 2 aromatic rings. The first kappa shape index (κ1) is 17.2. The van der Waals surface area contributed by atoms with Gasteiger partial charge in [0.1, 0.15) is 0 Å². The summed E-state index contributed by atoms with van der Waals surface area (Å²) in [5.74, 6) is 0. The van der Waals surface area contributed by atoms with E-state index in [1.165, 1.54) is 10.5 Å². The van der Waals surface area contributed by atoms with E-state index in [4.69, 9.17) is 5.73 Å². The number of rotatable bonds is 4. The third kappa shape index (κ3) is 3.41. The first-order valence-electron chi connectivity index (χ1n) is 8.01. The Kier molecular flexibility index (Phi) is 4.85. The Morgan fingerprint density at radius 1 is 1.12 bits per heavy atom. The highest BCUT2D eigenvalue weighted by Gasteiger charge is 2.25. The van der Waals surface area contributed by atoms with Crippen molar-refractivity contribution in [2.24, 2.45) is 0 Å². The molecule has 2 heterocycles. The van der Waals surface area contributed by atoms with E-state index in [0.29, 0.717) is 41.8 Å². The largest absolute Gasteiger partial charge is 0.398 e. The minimum absolute atomic E-state index is 0.239. The molecule has 0 unspecified atom stereocenters. The molecule has 0 bridgehead atoms. The van der Waals surface area contributed by atoms with Crippen molar-refractivity contribution in [3.8, 4) is 0 Å². The number of pyridine rings is 1. The maximum Gasteiger partial charge on any atom is 0.263 e. The fourth-order valence-electron chi connectivity index (χ4n) is 2.85. The number of nitrogens with two attached hydrogens (primary N) is 1. The van der Waals surface area contributed by atoms with Crippen LogP contribution in [-0.2, 0) is 10.0 Å². The predicted molar refractivity (Wildman–Crippen MR) is 96.2 cm³/mol. The smallest absolute Gasteiger partial charge is 0.263 e. The maximum atomic E-state index is 12.9. The molecule has 7 heteroatoms. The Hall–Kier alpha value is -2.67. The molecule has 25 heavy (non-hydrogen) atoms. The summed E-state index contributed by atoms with van der Waals surface area (Å²) in [6.07, 6.45) is 5.95. The standard InChI is InChI=1S/C18H19N3O3S/c19-17-9-10-20-18(16(17)13-22)14-6-4-5-11-21(12-14)25(23,24)15-7-2-1-3-8-15/h1-3,7-10,12-13H,4-6,11H2,(H2,19,20). The summed E-state index contributed by atoms with van der Waals surface area (Å²) >= 11 is 0. The van der Waals surface area contributed by atoms with Gasteiger partial charge >= 0.3 is 0 Å². The van der Waals surface area contributed by atoms with Gasteiger partial charge in [-0.15, -0.1) is 0 Å². The number of carbonyl (C=O) groups is 1. The highest BCUT2D eigenvalue weighted by Crippen LogP contribution is 2.29. The van der Waals surface area contributed by atoms with Crippen LogP contribution in [0.1, 0.15) is 35.3 Å². The van der Waals surface area contributed by atoms with Gasteiger partial charge in [-0.3, -0.25) is 14.1 Å². The number of benzene rings is 1. The zero-order valence-electron chi connectivity index (χ0n) is 13.6. The van der Waals surface area contributed by atoms with E-state index in [9.17, 15) is 13.2 Å². The summed E-state index contributed by atoms with van der Waals surface area (Å²) in [4.78, 5) is 15.9. The summed E-state index contributed by atoms with van der Waals surface area (Å²) < 4.78 is 27.1. The van der Waals surface area contributed by atoms with E-state index in [-0.39, 0.29) is 4.90 Å². The summed E-state index contributed by atoms with van der Waals surface area (Å²) in [5.41, 5.74) is 7.64. The van der Waals surface area contributed by atoms with E-state index in [0.717, 1.165) is 12.8 Å². The van der Waals surface area contributed by atoms with Gasteiger partial charge < -0.3 is 5.73 Å². The summed E-state index contributed by atoms with van der Waals surface area (Å²) in [6, 6.07) is 9.87. The molecule has 6 nitrogen and oxygen atoms in total. The van der Waals surface area contributed by atoms with Crippen molar-refractivity contribution in [2.45, 2.75) is 24.2 Å². The number of carbonyl (C=O) groups excluding carboxylic acids is 1. The van der Waals surface area contributed by atoms with Crippen LogP contribution in [-0.4, -0.2) is 30.5 Å². The molecule has 1 aliphatic heterocycles. The normalized spacial score (nSPS) is 15.4. The number of anilines is 1. The third-order valence-electron chi connectivity index (χ3n) is 4.17. The lowest BCUT2D eigenvalue weighted by Crippen LogP contribution is -2.26. The van der Waals surface area contributed by atoms with Gasteiger partial charge in [-0.05, 0) is 43.0 Å². The van der Waals surface area contributed by atoms with Gasteiger partial charge in [0.25, 0.3) is 10.0 Å². The maximum absolute atomic E-state index is 12.9. The van der Waals surface area contributed by atoms with Gasteiger partial charge in [0, 0.05) is 24.6 Å². The van der Waals surface area contributed by atoms with Crippen molar-refractivity contribution in [1.29, 1.82) is 0 Å². The molecule has 1 aromatic heterocycles. The Morgan fingerprint density at radius 2 is 1.88 bits per heavy atom. The number of allylic oxidation sites excluding steroid dienone is 1. The molecule has 0 radical (unpaired) electrons. The SMILES string of the molecule is Nc1ccnc(C2=CN(S(=O)(=O)c3ccccc3)CCCC2)c1C=O. The molecule has 2 N–H and O–H groups in total. The molecule has 1 aliphatic rings. The summed E-state index contributed by atoms with van der Waals surface area (Å²) in [6.45, 7) is 0.388. The summed E-state index contributed by atoms with van der Waals surface area (Å²) in [7, 11) is -3.65. The number of aromatic nitrogens is 1. The van der Waals surface area contributed by atoms with Crippen LogP contribution in [0.5, 0.6) is 0 Å².